The normalized spacial score (nSPS) is 10.1. The number of nitrogens with zero attached hydrogens (tertiary/aromatic N) is 3. The van der Waals surface area contributed by atoms with Crippen LogP contribution in [0.5, 0.6) is 0 Å². The Hall–Kier alpha value is -1.66. The van der Waals surface area contributed by atoms with Crippen LogP contribution in [0, 0.1) is 0 Å². The van der Waals surface area contributed by atoms with Crippen molar-refractivity contribution in [3.63, 3.8) is 0 Å². The topological polar surface area (TPSA) is 71.2 Å². The molecule has 0 bridgehead atoms. The van der Waals surface area contributed by atoms with Gasteiger partial charge in [0.1, 0.15) is 0 Å². The third kappa shape index (κ3) is 1.66. The number of rotatable bonds is 2. The number of hydrogen-bond acceptors (Lipinski definition) is 4. The molecule has 2 heterocycles. The molecule has 2 rings (SSSR count). The summed E-state index contributed by atoms with van der Waals surface area (Å²) in [5, 5.41) is 21.9. The summed E-state index contributed by atoms with van der Waals surface area (Å²) in [6.07, 6.45) is 4.87. The molecular weight excluding hydrogens is 181 g/mol. The molecule has 0 fully saturated rings. The lowest BCUT2D eigenvalue weighted by atomic mass is 9.81. The number of aromatic nitrogens is 3. The maximum Gasteiger partial charge on any atom is 0.488 e. The van der Waals surface area contributed by atoms with Crippen LogP contribution in [0.1, 0.15) is 0 Å². The van der Waals surface area contributed by atoms with E-state index in [2.05, 4.69) is 10.1 Å². The molecule has 2 aromatic rings. The van der Waals surface area contributed by atoms with Crippen molar-refractivity contribution >= 4 is 12.6 Å². The van der Waals surface area contributed by atoms with Gasteiger partial charge < -0.3 is 10.0 Å². The molecule has 0 atom stereocenters. The van der Waals surface area contributed by atoms with Gasteiger partial charge in [-0.25, -0.2) is 9.67 Å². The minimum Gasteiger partial charge on any atom is -0.423 e. The summed E-state index contributed by atoms with van der Waals surface area (Å²) in [6.45, 7) is 0. The summed E-state index contributed by atoms with van der Waals surface area (Å²) in [7, 11) is -1.48. The third-order valence-electron chi connectivity index (χ3n) is 1.81. The lowest BCUT2D eigenvalue weighted by molar-refractivity contribution is 0.425. The molecule has 0 radical (unpaired) electrons. The molecule has 5 nitrogen and oxygen atoms in total. The van der Waals surface area contributed by atoms with Gasteiger partial charge in [0.05, 0.1) is 0 Å². The lowest BCUT2D eigenvalue weighted by Crippen LogP contribution is -2.30. The van der Waals surface area contributed by atoms with Gasteiger partial charge in [-0.3, -0.25) is 0 Å². The van der Waals surface area contributed by atoms with Gasteiger partial charge in [-0.1, -0.05) is 0 Å². The van der Waals surface area contributed by atoms with Crippen LogP contribution in [0.25, 0.3) is 5.82 Å². The summed E-state index contributed by atoms with van der Waals surface area (Å²) < 4.78 is 1.55. The third-order valence-corrected chi connectivity index (χ3v) is 1.81. The fraction of sp³-hybridized carbons (Fsp3) is 0. The van der Waals surface area contributed by atoms with Crippen molar-refractivity contribution < 1.29 is 10.0 Å². The predicted molar refractivity (Wildman–Crippen MR) is 51.2 cm³/mol. The van der Waals surface area contributed by atoms with Gasteiger partial charge in [-0.05, 0) is 23.7 Å². The first kappa shape index (κ1) is 8.92. The molecule has 0 aliphatic rings. The van der Waals surface area contributed by atoms with Crippen LogP contribution in [-0.4, -0.2) is 31.9 Å². The Balaban J connectivity index is 2.41. The van der Waals surface area contributed by atoms with E-state index in [0.717, 1.165) is 0 Å². The van der Waals surface area contributed by atoms with E-state index in [4.69, 9.17) is 10.0 Å². The fourth-order valence-corrected chi connectivity index (χ4v) is 1.12. The average molecular weight is 189 g/mol. The second kappa shape index (κ2) is 3.61. The van der Waals surface area contributed by atoms with Crippen LogP contribution in [0.4, 0.5) is 0 Å². The van der Waals surface area contributed by atoms with Crippen molar-refractivity contribution in [2.24, 2.45) is 0 Å². The highest BCUT2D eigenvalue weighted by molar-refractivity contribution is 6.58. The van der Waals surface area contributed by atoms with E-state index in [1.807, 2.05) is 0 Å². The van der Waals surface area contributed by atoms with Crippen molar-refractivity contribution in [3.8, 4) is 5.82 Å². The van der Waals surface area contributed by atoms with Crippen molar-refractivity contribution in [1.29, 1.82) is 0 Å². The smallest absolute Gasteiger partial charge is 0.423 e. The molecule has 0 spiro atoms. The molecule has 0 aliphatic carbocycles. The summed E-state index contributed by atoms with van der Waals surface area (Å²) in [6, 6.07) is 4.87. The maximum absolute atomic E-state index is 8.94. The monoisotopic (exact) mass is 189 g/mol. The summed E-state index contributed by atoms with van der Waals surface area (Å²) in [5.41, 5.74) is 0.394. The van der Waals surface area contributed by atoms with Crippen molar-refractivity contribution in [1.82, 2.24) is 14.8 Å². The molecule has 6 heteroatoms. The molecule has 2 N–H and O–H groups in total. The quantitative estimate of drug-likeness (QED) is 0.591. The minimum atomic E-state index is -1.48. The molecule has 0 saturated carbocycles. The van der Waals surface area contributed by atoms with Crippen LogP contribution in [-0.2, 0) is 0 Å². The van der Waals surface area contributed by atoms with Crippen LogP contribution >= 0.6 is 0 Å². The Bertz CT molecular complexity index is 416. The zero-order valence-electron chi connectivity index (χ0n) is 7.28. The van der Waals surface area contributed by atoms with E-state index < -0.39 is 7.12 Å². The molecule has 70 valence electrons. The molecule has 0 unspecified atom stereocenters. The molecule has 0 amide bonds. The fourth-order valence-electron chi connectivity index (χ4n) is 1.12. The second-order valence-electron chi connectivity index (χ2n) is 2.77. The largest absolute Gasteiger partial charge is 0.488 e. The Morgan fingerprint density at radius 3 is 2.79 bits per heavy atom. The van der Waals surface area contributed by atoms with Crippen LogP contribution < -0.4 is 5.46 Å². The van der Waals surface area contributed by atoms with Crippen LogP contribution in [0.15, 0.2) is 36.8 Å². The van der Waals surface area contributed by atoms with E-state index >= 15 is 0 Å². The van der Waals surface area contributed by atoms with Gasteiger partial charge >= 0.3 is 7.12 Å². The predicted octanol–water partition coefficient (Wildman–Crippen LogP) is -1.05. The first-order valence-electron chi connectivity index (χ1n) is 4.09. The average Bonchev–Trinajstić information content (AvgIpc) is 2.71. The van der Waals surface area contributed by atoms with Gasteiger partial charge in [-0.15, -0.1) is 0 Å². The Kier molecular flexibility index (Phi) is 2.30. The Labute approximate surface area is 80.8 Å². The molecular formula is C8H8BN3O2. The van der Waals surface area contributed by atoms with Crippen LogP contribution in [0.3, 0.4) is 0 Å². The SMILES string of the molecule is OB(O)c1ccnc(-n2cccn2)c1. The lowest BCUT2D eigenvalue weighted by Gasteiger charge is -2.02. The second-order valence-corrected chi connectivity index (χ2v) is 2.77. The zero-order valence-corrected chi connectivity index (χ0v) is 7.28. The van der Waals surface area contributed by atoms with Crippen molar-refractivity contribution in [2.45, 2.75) is 0 Å². The molecule has 2 aromatic heterocycles. The number of pyridine rings is 1. The summed E-state index contributed by atoms with van der Waals surface area (Å²) in [4.78, 5) is 4.04. The standard InChI is InChI=1S/C8H8BN3O2/c13-9(14)7-2-4-10-8(6-7)12-5-1-3-11-12/h1-6,13-14H. The van der Waals surface area contributed by atoms with E-state index in [-0.39, 0.29) is 0 Å². The highest BCUT2D eigenvalue weighted by Crippen LogP contribution is 1.98. The molecule has 0 aliphatic heterocycles. The van der Waals surface area contributed by atoms with E-state index in [1.54, 1.807) is 29.2 Å². The summed E-state index contributed by atoms with van der Waals surface area (Å²) in [5.74, 6) is 0.556. The van der Waals surface area contributed by atoms with Crippen LogP contribution in [0.2, 0.25) is 0 Å². The first-order chi connectivity index (χ1) is 6.77. The van der Waals surface area contributed by atoms with E-state index in [9.17, 15) is 0 Å². The van der Waals surface area contributed by atoms with Gasteiger partial charge in [0, 0.05) is 18.6 Å². The first-order valence-corrected chi connectivity index (χ1v) is 4.09. The van der Waals surface area contributed by atoms with Gasteiger partial charge in [0.15, 0.2) is 5.82 Å². The Morgan fingerprint density at radius 2 is 2.14 bits per heavy atom. The van der Waals surface area contributed by atoms with Crippen molar-refractivity contribution in [2.75, 3.05) is 0 Å². The zero-order chi connectivity index (χ0) is 9.97. The van der Waals surface area contributed by atoms with Gasteiger partial charge in [0.2, 0.25) is 0 Å². The minimum absolute atomic E-state index is 0.394. The highest BCUT2D eigenvalue weighted by atomic mass is 16.4. The van der Waals surface area contributed by atoms with Crippen molar-refractivity contribution in [3.05, 3.63) is 36.8 Å². The maximum atomic E-state index is 8.94. The highest BCUT2D eigenvalue weighted by Gasteiger charge is 2.11. The van der Waals surface area contributed by atoms with Gasteiger partial charge in [-0.2, -0.15) is 5.10 Å². The Morgan fingerprint density at radius 1 is 1.29 bits per heavy atom. The molecule has 14 heavy (non-hydrogen) atoms. The molecule has 0 saturated heterocycles. The van der Waals surface area contributed by atoms with Gasteiger partial charge in [0.25, 0.3) is 0 Å². The molecule has 0 aromatic carbocycles. The van der Waals surface area contributed by atoms with E-state index in [0.29, 0.717) is 11.3 Å². The summed E-state index contributed by atoms with van der Waals surface area (Å²) >= 11 is 0. The number of hydrogen-bond donors (Lipinski definition) is 2. The van der Waals surface area contributed by atoms with E-state index in [1.165, 1.54) is 12.3 Å².